The van der Waals surface area contributed by atoms with Crippen molar-refractivity contribution in [2.75, 3.05) is 6.54 Å². The lowest BCUT2D eigenvalue weighted by molar-refractivity contribution is -0.148. The minimum Gasteiger partial charge on any atom is -0.332 e. The second-order valence-corrected chi connectivity index (χ2v) is 8.31. The Hall–Kier alpha value is -3.41. The molecule has 4 rings (SSSR count). The molecular formula is C23H21F6N5O. The third-order valence-corrected chi connectivity index (χ3v) is 5.88. The summed E-state index contributed by atoms with van der Waals surface area (Å²) in [6.45, 7) is -0.156. The number of rotatable bonds is 6. The summed E-state index contributed by atoms with van der Waals surface area (Å²) in [5, 5.41) is 0. The summed E-state index contributed by atoms with van der Waals surface area (Å²) in [4.78, 5) is 22.3. The molecule has 1 aliphatic heterocycles. The van der Waals surface area contributed by atoms with Crippen LogP contribution in [0.1, 0.15) is 35.2 Å². The molecule has 6 nitrogen and oxygen atoms in total. The Balaban J connectivity index is 1.56. The maximum Gasteiger partial charge on any atom is 0.449 e. The number of hydrogen-bond acceptors (Lipinski definition) is 4. The molecule has 2 N–H and O–H groups in total. The van der Waals surface area contributed by atoms with Crippen molar-refractivity contribution < 1.29 is 31.1 Å². The number of nitrogens with zero attached hydrogens (tertiary/aromatic N) is 4. The van der Waals surface area contributed by atoms with Crippen LogP contribution in [-0.2, 0) is 30.4 Å². The zero-order valence-electron chi connectivity index (χ0n) is 18.3. The van der Waals surface area contributed by atoms with Crippen molar-refractivity contribution in [3.05, 3.63) is 83.0 Å². The molecule has 0 spiro atoms. The first kappa shape index (κ1) is 24.7. The zero-order chi connectivity index (χ0) is 25.3. The summed E-state index contributed by atoms with van der Waals surface area (Å²) >= 11 is 0. The molecule has 2 aromatic heterocycles. The van der Waals surface area contributed by atoms with E-state index in [0.29, 0.717) is 17.8 Å². The van der Waals surface area contributed by atoms with Crippen molar-refractivity contribution in [2.24, 2.45) is 5.73 Å². The average molecular weight is 497 g/mol. The number of halogens is 6. The van der Waals surface area contributed by atoms with E-state index in [0.717, 1.165) is 10.8 Å². The van der Waals surface area contributed by atoms with Gasteiger partial charge in [-0.1, -0.05) is 6.07 Å². The summed E-state index contributed by atoms with van der Waals surface area (Å²) in [5.41, 5.74) is 6.61. The van der Waals surface area contributed by atoms with Gasteiger partial charge >= 0.3 is 6.18 Å². The van der Waals surface area contributed by atoms with Gasteiger partial charge in [-0.15, -0.1) is 0 Å². The van der Waals surface area contributed by atoms with Gasteiger partial charge in [0, 0.05) is 49.9 Å². The number of nitrogens with two attached hydrogens (primary N) is 1. The third kappa shape index (κ3) is 5.31. The fourth-order valence-electron chi connectivity index (χ4n) is 4.29. The molecule has 1 aliphatic rings. The largest absolute Gasteiger partial charge is 0.449 e. The summed E-state index contributed by atoms with van der Waals surface area (Å²) in [6.07, 6.45) is -2.39. The predicted molar refractivity (Wildman–Crippen MR) is 112 cm³/mol. The van der Waals surface area contributed by atoms with Gasteiger partial charge in [-0.3, -0.25) is 9.78 Å². The monoisotopic (exact) mass is 497 g/mol. The average Bonchev–Trinajstić information content (AvgIpc) is 3.23. The van der Waals surface area contributed by atoms with E-state index >= 15 is 0 Å². The molecule has 3 aromatic rings. The van der Waals surface area contributed by atoms with Gasteiger partial charge in [-0.05, 0) is 30.2 Å². The van der Waals surface area contributed by atoms with Crippen LogP contribution in [0.3, 0.4) is 0 Å². The van der Waals surface area contributed by atoms with E-state index in [1.807, 2.05) is 0 Å². The Bertz CT molecular complexity index is 1210. The number of fused-ring (bicyclic) bond motifs is 1. The Labute approximate surface area is 196 Å². The fraction of sp³-hybridized carbons (Fsp3) is 0.348. The summed E-state index contributed by atoms with van der Waals surface area (Å²) in [6, 6.07) is 4.48. The highest BCUT2D eigenvalue weighted by Crippen LogP contribution is 2.35. The molecule has 1 unspecified atom stereocenters. The number of aromatic nitrogens is 3. The zero-order valence-corrected chi connectivity index (χ0v) is 18.3. The number of benzene rings is 1. The van der Waals surface area contributed by atoms with Crippen molar-refractivity contribution in [2.45, 2.75) is 44.1 Å². The predicted octanol–water partition coefficient (Wildman–Crippen LogP) is 3.80. The molecule has 0 aliphatic carbocycles. The van der Waals surface area contributed by atoms with Gasteiger partial charge in [0.2, 0.25) is 11.7 Å². The van der Waals surface area contributed by atoms with Crippen molar-refractivity contribution in [3.63, 3.8) is 0 Å². The Morgan fingerprint density at radius 3 is 2.51 bits per heavy atom. The summed E-state index contributed by atoms with van der Waals surface area (Å²) in [5.74, 6) is -5.07. The minimum absolute atomic E-state index is 0.0327. The molecule has 2 atom stereocenters. The van der Waals surface area contributed by atoms with E-state index in [1.165, 1.54) is 11.1 Å². The van der Waals surface area contributed by atoms with Crippen LogP contribution < -0.4 is 5.73 Å². The first-order chi connectivity index (χ1) is 16.5. The van der Waals surface area contributed by atoms with Gasteiger partial charge in [0.15, 0.2) is 11.6 Å². The van der Waals surface area contributed by atoms with Gasteiger partial charge in [0.05, 0.1) is 17.9 Å². The molecule has 0 saturated carbocycles. The Kier molecular flexibility index (Phi) is 6.84. The highest BCUT2D eigenvalue weighted by atomic mass is 19.4. The number of amides is 1. The van der Waals surface area contributed by atoms with Gasteiger partial charge < -0.3 is 15.2 Å². The second kappa shape index (κ2) is 9.68. The second-order valence-electron chi connectivity index (χ2n) is 8.31. The van der Waals surface area contributed by atoms with Crippen molar-refractivity contribution in [1.29, 1.82) is 0 Å². The van der Waals surface area contributed by atoms with Crippen molar-refractivity contribution in [1.82, 2.24) is 19.4 Å². The van der Waals surface area contributed by atoms with Crippen molar-refractivity contribution >= 4 is 5.91 Å². The maximum atomic E-state index is 14.0. The first-order valence-corrected chi connectivity index (χ1v) is 10.8. The van der Waals surface area contributed by atoms with E-state index in [2.05, 4.69) is 9.97 Å². The molecule has 0 fully saturated rings. The minimum atomic E-state index is -4.66. The smallest absolute Gasteiger partial charge is 0.332 e. The normalized spacial score (nSPS) is 16.8. The van der Waals surface area contributed by atoms with Gasteiger partial charge in [-0.2, -0.15) is 13.2 Å². The number of hydrogen-bond donors (Lipinski definition) is 1. The van der Waals surface area contributed by atoms with E-state index < -0.39 is 47.4 Å². The molecule has 12 heteroatoms. The van der Waals surface area contributed by atoms with Crippen molar-refractivity contribution in [3.8, 4) is 0 Å². The Morgan fingerprint density at radius 1 is 1.09 bits per heavy atom. The SMILES string of the molecule is N[C@@H](CC(=O)N1CCn2c(cnc2C(F)(F)F)C1Cc1ccccn1)Cc1cc(F)c(F)cc1F. The van der Waals surface area contributed by atoms with Crippen LogP contribution >= 0.6 is 0 Å². The Morgan fingerprint density at radius 2 is 1.83 bits per heavy atom. The van der Waals surface area contributed by atoms with E-state index in [-0.39, 0.29) is 43.6 Å². The highest BCUT2D eigenvalue weighted by Gasteiger charge is 2.41. The highest BCUT2D eigenvalue weighted by molar-refractivity contribution is 5.77. The van der Waals surface area contributed by atoms with Gasteiger partial charge in [-0.25, -0.2) is 18.2 Å². The van der Waals surface area contributed by atoms with Crippen LogP contribution in [0.2, 0.25) is 0 Å². The summed E-state index contributed by atoms with van der Waals surface area (Å²) < 4.78 is 81.9. The molecule has 0 radical (unpaired) electrons. The first-order valence-electron chi connectivity index (χ1n) is 10.8. The number of alkyl halides is 3. The van der Waals surface area contributed by atoms with Crippen LogP contribution in [0.25, 0.3) is 0 Å². The standard InChI is InChI=1S/C23H21F6N5O/c24-16-11-18(26)17(25)8-13(16)7-14(30)9-21(35)33-5-6-34-20(12-32-22(34)23(27,28)29)19(33)10-15-3-1-2-4-31-15/h1-4,8,11-12,14,19H,5-7,9-10,30H2/t14-,19?/m1/s1. The third-order valence-electron chi connectivity index (χ3n) is 5.88. The quantitative estimate of drug-likeness (QED) is 0.415. The van der Waals surface area contributed by atoms with E-state index in [1.54, 1.807) is 18.2 Å². The number of carbonyl (C=O) groups is 1. The maximum absolute atomic E-state index is 14.0. The fourth-order valence-corrected chi connectivity index (χ4v) is 4.29. The van der Waals surface area contributed by atoms with Crippen LogP contribution in [0.5, 0.6) is 0 Å². The topological polar surface area (TPSA) is 77.0 Å². The van der Waals surface area contributed by atoms with Crippen LogP contribution in [0.15, 0.2) is 42.7 Å². The van der Waals surface area contributed by atoms with E-state index in [9.17, 15) is 31.1 Å². The van der Waals surface area contributed by atoms with Crippen LogP contribution in [-0.4, -0.2) is 37.9 Å². The van der Waals surface area contributed by atoms with E-state index in [4.69, 9.17) is 5.73 Å². The summed E-state index contributed by atoms with van der Waals surface area (Å²) in [7, 11) is 0. The molecule has 35 heavy (non-hydrogen) atoms. The molecule has 1 aromatic carbocycles. The van der Waals surface area contributed by atoms with Gasteiger partial charge in [0.25, 0.3) is 0 Å². The van der Waals surface area contributed by atoms with Crippen LogP contribution in [0, 0.1) is 17.5 Å². The number of imidazole rings is 1. The number of carbonyl (C=O) groups excluding carboxylic acids is 1. The lowest BCUT2D eigenvalue weighted by Gasteiger charge is -2.37. The van der Waals surface area contributed by atoms with Crippen LogP contribution in [0.4, 0.5) is 26.3 Å². The molecule has 186 valence electrons. The molecule has 0 saturated heterocycles. The van der Waals surface area contributed by atoms with Gasteiger partial charge in [0.1, 0.15) is 5.82 Å². The molecule has 1 amide bonds. The lowest BCUT2D eigenvalue weighted by atomic mass is 9.99. The molecule has 3 heterocycles. The molecule has 0 bridgehead atoms. The molecular weight excluding hydrogens is 476 g/mol. The lowest BCUT2D eigenvalue weighted by Crippen LogP contribution is -2.45. The number of pyridine rings is 1.